The van der Waals surface area contributed by atoms with Gasteiger partial charge in [0, 0.05) is 50.5 Å². The molecule has 0 bridgehead atoms. The van der Waals surface area contributed by atoms with Crippen molar-refractivity contribution in [2.75, 3.05) is 13.2 Å². The molecule has 0 atom stereocenters. The molecule has 0 N–H and O–H groups in total. The van der Waals surface area contributed by atoms with Crippen molar-refractivity contribution in [1.82, 2.24) is 0 Å². The Morgan fingerprint density at radius 1 is 0.826 bits per heavy atom. The summed E-state index contributed by atoms with van der Waals surface area (Å²) in [5, 5.41) is 16.8. The number of nitrogens with zero attached hydrogens (tertiary/aromatic N) is 2. The van der Waals surface area contributed by atoms with Gasteiger partial charge in [0.2, 0.25) is 11.1 Å². The monoisotopic (exact) mass is 445 g/mol. The fraction of sp³-hybridized carbons (Fsp3) is 0.333. The fourth-order valence-electron chi connectivity index (χ4n) is 0.814. The van der Waals surface area contributed by atoms with Crippen LogP contribution in [0.4, 0.5) is 0 Å². The van der Waals surface area contributed by atoms with Gasteiger partial charge in [-0.3, -0.25) is 0 Å². The summed E-state index contributed by atoms with van der Waals surface area (Å²) < 4.78 is 9.74. The van der Waals surface area contributed by atoms with Crippen molar-refractivity contribution in [1.29, 1.82) is 10.5 Å². The number of hydrogen-bond acceptors (Lipinski definition) is 6. The molecule has 0 aromatic rings. The van der Waals surface area contributed by atoms with Gasteiger partial charge < -0.3 is 9.47 Å². The van der Waals surface area contributed by atoms with Crippen molar-refractivity contribution in [3.05, 3.63) is 19.6 Å². The molecule has 1 radical (unpaired) electrons. The van der Waals surface area contributed by atoms with Gasteiger partial charge in [0.15, 0.2) is 0 Å². The molecule has 0 saturated heterocycles. The van der Waals surface area contributed by atoms with Gasteiger partial charge in [0.1, 0.15) is 12.1 Å². The average Bonchev–Trinajstić information content (AvgIpc) is 2.40. The van der Waals surface area contributed by atoms with Crippen molar-refractivity contribution in [2.45, 2.75) is 13.8 Å². The Balaban J connectivity index is -0.000000333. The number of carbonyl (C=O) groups excluding carboxylic acids is 2. The van der Waals surface area contributed by atoms with E-state index in [1.165, 1.54) is 0 Å². The Hall–Kier alpha value is -0.681. The van der Waals surface area contributed by atoms with Crippen LogP contribution in [0.2, 0.25) is 0 Å². The van der Waals surface area contributed by atoms with Gasteiger partial charge in [0.25, 0.3) is 0 Å². The first-order valence-corrected chi connectivity index (χ1v) is 7.76. The van der Waals surface area contributed by atoms with Crippen LogP contribution in [0.25, 0.3) is 0 Å². The molecule has 0 amide bonds. The summed E-state index contributed by atoms with van der Waals surface area (Å²) in [4.78, 5) is 21.7. The second-order valence-corrected chi connectivity index (χ2v) is 6.16. The summed E-state index contributed by atoms with van der Waals surface area (Å²) >= 11 is 12.0. The number of carbonyl (C=O) groups is 2. The third kappa shape index (κ3) is 12.4. The third-order valence-electron chi connectivity index (χ3n) is 1.68. The van der Waals surface area contributed by atoms with Crippen molar-refractivity contribution in [3.63, 3.8) is 0 Å². The zero-order chi connectivity index (χ0) is 17.7. The first kappa shape index (κ1) is 27.2. The van der Waals surface area contributed by atoms with E-state index in [1.807, 2.05) is 0 Å². The molecule has 11 heteroatoms. The molecular weight excluding hydrogens is 428 g/mol. The summed E-state index contributed by atoms with van der Waals surface area (Å²) in [5.41, 5.74) is -0.139. The molecule has 0 aliphatic carbocycles. The quantitative estimate of drug-likeness (QED) is 0.174. The van der Waals surface area contributed by atoms with E-state index < -0.39 is 11.9 Å². The van der Waals surface area contributed by atoms with Crippen LogP contribution in [0.3, 0.4) is 0 Å². The second-order valence-electron chi connectivity index (χ2n) is 3.16. The Morgan fingerprint density at radius 2 is 1.09 bits per heavy atom. The Bertz CT molecular complexity index is 506. The summed E-state index contributed by atoms with van der Waals surface area (Å²) in [6.45, 7) is 3.87. The van der Waals surface area contributed by atoms with E-state index in [-0.39, 0.29) is 41.4 Å². The second kappa shape index (κ2) is 16.2. The van der Waals surface area contributed by atoms with Gasteiger partial charge in [-0.2, -0.15) is 10.5 Å². The van der Waals surface area contributed by atoms with Crippen LogP contribution in [0.1, 0.15) is 13.8 Å². The zero-order valence-electron chi connectivity index (χ0n) is 12.2. The predicted octanol–water partition coefficient (Wildman–Crippen LogP) is -1.39. The summed E-state index contributed by atoms with van der Waals surface area (Å²) in [6, 6.07) is 3.39. The van der Waals surface area contributed by atoms with Crippen LogP contribution < -0.4 is 0 Å². The van der Waals surface area contributed by atoms with Crippen LogP contribution in [0, 0.1) is 22.7 Å². The van der Waals surface area contributed by atoms with E-state index >= 15 is 0 Å². The van der Waals surface area contributed by atoms with Gasteiger partial charge in [-0.15, -0.1) is 0 Å². The number of nitriles is 2. The average molecular weight is 446 g/mol. The minimum Gasteiger partial charge on any atom is -0.462 e. The summed E-state index contributed by atoms with van der Waals surface area (Å²) in [6.07, 6.45) is 0. The van der Waals surface area contributed by atoms with E-state index in [1.54, 1.807) is 26.0 Å². The van der Waals surface area contributed by atoms with Crippen LogP contribution >= 0.6 is 0 Å². The van der Waals surface area contributed by atoms with Crippen molar-refractivity contribution >= 4 is 62.5 Å². The first-order valence-electron chi connectivity index (χ1n) is 5.76. The van der Waals surface area contributed by atoms with Gasteiger partial charge in [-0.05, 0) is 13.8 Å². The Kier molecular flexibility index (Phi) is 19.1. The molecule has 0 aromatic carbocycles. The normalized spacial score (nSPS) is 7.83. The SMILES string of the molecule is CCOC(=O)C(C#N)=C([SH2+])[SH2+].CCOC(=O)C(C#N)=C([SH2+])[SH2+].[Cu+2]. The van der Waals surface area contributed by atoms with Gasteiger partial charge >= 0.3 is 37.5 Å². The minimum atomic E-state index is -0.630. The predicted molar refractivity (Wildman–Crippen MR) is 99.2 cm³/mol. The Morgan fingerprint density at radius 3 is 1.22 bits per heavy atom. The van der Waals surface area contributed by atoms with Crippen molar-refractivity contribution in [3.8, 4) is 12.1 Å². The maximum Gasteiger partial charge on any atom is 2.00 e. The molecule has 0 spiro atoms. The third-order valence-corrected chi connectivity index (χ3v) is 2.68. The number of hydrogen-bond donors (Lipinski definition) is 0. The fourth-order valence-corrected chi connectivity index (χ4v) is 1.45. The molecule has 0 aliphatic heterocycles. The standard InChI is InChI=1S/2C6H7NO2S2.Cu/c2*1-2-9-5(8)4(3-7)6(10)11;/h2*10-11H,2H2,1H3;/q;;+2/p+4. The molecule has 0 heterocycles. The maximum absolute atomic E-state index is 10.9. The van der Waals surface area contributed by atoms with E-state index in [0.717, 1.165) is 0 Å². The molecule has 23 heavy (non-hydrogen) atoms. The molecule has 0 fully saturated rings. The smallest absolute Gasteiger partial charge is 0.462 e. The number of rotatable bonds is 4. The number of esters is 2. The molecule has 129 valence electrons. The van der Waals surface area contributed by atoms with Gasteiger partial charge in [0.05, 0.1) is 13.2 Å². The Labute approximate surface area is 167 Å². The summed E-state index contributed by atoms with van der Waals surface area (Å²) in [7, 11) is 0. The minimum absolute atomic E-state index is 0. The van der Waals surface area contributed by atoms with Crippen molar-refractivity contribution < 1.29 is 36.1 Å². The first-order chi connectivity index (χ1) is 10.3. The van der Waals surface area contributed by atoms with Crippen LogP contribution in [0.15, 0.2) is 19.6 Å². The van der Waals surface area contributed by atoms with E-state index in [2.05, 4.69) is 60.0 Å². The molecule has 0 aromatic heterocycles. The van der Waals surface area contributed by atoms with Crippen LogP contribution in [-0.2, 0) is 86.6 Å². The number of ether oxygens (including phenoxy) is 2. The van der Waals surface area contributed by atoms with Crippen molar-refractivity contribution in [2.24, 2.45) is 0 Å². The van der Waals surface area contributed by atoms with E-state index in [9.17, 15) is 9.59 Å². The van der Waals surface area contributed by atoms with Gasteiger partial charge in [-0.25, -0.2) is 9.59 Å². The van der Waals surface area contributed by atoms with E-state index in [4.69, 9.17) is 10.5 Å². The summed E-state index contributed by atoms with van der Waals surface area (Å²) in [5.74, 6) is -1.26. The van der Waals surface area contributed by atoms with Crippen LogP contribution in [0.5, 0.6) is 0 Å². The maximum atomic E-state index is 10.9. The molecule has 0 aliphatic rings. The molecule has 0 rings (SSSR count). The van der Waals surface area contributed by atoms with Crippen LogP contribution in [-0.4, -0.2) is 25.2 Å². The molecule has 0 saturated carbocycles. The molecule has 0 unspecified atom stereocenters. The van der Waals surface area contributed by atoms with Gasteiger partial charge in [-0.1, -0.05) is 0 Å². The largest absolute Gasteiger partial charge is 2.00 e. The van der Waals surface area contributed by atoms with E-state index in [0.29, 0.717) is 8.47 Å². The molecule has 6 nitrogen and oxygen atoms in total. The molecular formula is C12H18CuN2O4S4+6. The topological polar surface area (TPSA) is 100 Å². The zero-order valence-corrected chi connectivity index (χ0v) is 17.2.